The Kier molecular flexibility index (Phi) is 6.56. The third-order valence-corrected chi connectivity index (χ3v) is 3.00. The van der Waals surface area contributed by atoms with Crippen LogP contribution >= 0.6 is 0 Å². The number of hydrogen-bond acceptors (Lipinski definition) is 2. The van der Waals surface area contributed by atoms with Crippen molar-refractivity contribution in [2.24, 2.45) is 0 Å². The Morgan fingerprint density at radius 2 is 2.24 bits per heavy atom. The zero-order chi connectivity index (χ0) is 12.5. The summed E-state index contributed by atoms with van der Waals surface area (Å²) < 4.78 is 0. The molecule has 0 fully saturated rings. The van der Waals surface area contributed by atoms with Crippen LogP contribution in [-0.2, 0) is 6.42 Å². The van der Waals surface area contributed by atoms with E-state index >= 15 is 0 Å². The van der Waals surface area contributed by atoms with E-state index in [9.17, 15) is 0 Å². The van der Waals surface area contributed by atoms with Crippen LogP contribution in [0.3, 0.4) is 0 Å². The molecule has 1 unspecified atom stereocenters. The van der Waals surface area contributed by atoms with Crippen LogP contribution in [0.15, 0.2) is 36.5 Å². The monoisotopic (exact) mass is 232 g/mol. The molecule has 0 bridgehead atoms. The first-order valence-electron chi connectivity index (χ1n) is 6.56. The highest BCUT2D eigenvalue weighted by atomic mass is 14.9. The standard InChI is InChI=1S/C15H24N2/c1-4-13(3)12-15(16-5-2)10-9-14-8-6-7-11-17-14/h6-8,11,15-16H,3-5,9-10,12H2,1-2H3. The quantitative estimate of drug-likeness (QED) is 0.695. The van der Waals surface area contributed by atoms with Gasteiger partial charge in [0.1, 0.15) is 0 Å². The van der Waals surface area contributed by atoms with E-state index < -0.39 is 0 Å². The van der Waals surface area contributed by atoms with Crippen molar-refractivity contribution >= 4 is 0 Å². The number of aromatic nitrogens is 1. The van der Waals surface area contributed by atoms with E-state index in [1.807, 2.05) is 12.3 Å². The number of nitrogens with zero attached hydrogens (tertiary/aromatic N) is 1. The van der Waals surface area contributed by atoms with Gasteiger partial charge in [-0.1, -0.05) is 32.1 Å². The summed E-state index contributed by atoms with van der Waals surface area (Å²) in [6.45, 7) is 9.44. The van der Waals surface area contributed by atoms with Gasteiger partial charge in [0.25, 0.3) is 0 Å². The van der Waals surface area contributed by atoms with Gasteiger partial charge in [-0.2, -0.15) is 0 Å². The Labute approximate surface area is 105 Å². The van der Waals surface area contributed by atoms with Gasteiger partial charge in [0.05, 0.1) is 0 Å². The molecule has 0 aromatic carbocycles. The lowest BCUT2D eigenvalue weighted by Crippen LogP contribution is -2.29. The van der Waals surface area contributed by atoms with E-state index in [0.717, 1.165) is 32.2 Å². The molecule has 2 nitrogen and oxygen atoms in total. The van der Waals surface area contributed by atoms with Crippen LogP contribution < -0.4 is 5.32 Å². The Hall–Kier alpha value is -1.15. The van der Waals surface area contributed by atoms with Gasteiger partial charge in [-0.05, 0) is 44.4 Å². The van der Waals surface area contributed by atoms with Crippen LogP contribution in [0.2, 0.25) is 0 Å². The Balaban J connectivity index is 2.41. The summed E-state index contributed by atoms with van der Waals surface area (Å²) >= 11 is 0. The first kappa shape index (κ1) is 13.9. The molecular formula is C15H24N2. The van der Waals surface area contributed by atoms with E-state index in [2.05, 4.69) is 42.9 Å². The molecule has 1 N–H and O–H groups in total. The molecule has 0 aliphatic heterocycles. The van der Waals surface area contributed by atoms with Crippen molar-refractivity contribution in [2.45, 2.75) is 45.6 Å². The number of hydrogen-bond donors (Lipinski definition) is 1. The molecule has 1 atom stereocenters. The minimum absolute atomic E-state index is 0.537. The molecule has 0 radical (unpaired) electrons. The average Bonchev–Trinajstić information content (AvgIpc) is 2.37. The molecule has 1 aromatic rings. The van der Waals surface area contributed by atoms with Gasteiger partial charge in [-0.3, -0.25) is 4.98 Å². The Morgan fingerprint density at radius 3 is 2.82 bits per heavy atom. The normalized spacial score (nSPS) is 12.4. The Bertz CT molecular complexity index is 319. The van der Waals surface area contributed by atoms with Crippen LogP contribution in [0.1, 0.15) is 38.8 Å². The predicted molar refractivity (Wildman–Crippen MR) is 74.1 cm³/mol. The number of nitrogens with one attached hydrogen (secondary N) is 1. The molecule has 1 aromatic heterocycles. The SMILES string of the molecule is C=C(CC)CC(CCc1ccccn1)NCC. The van der Waals surface area contributed by atoms with E-state index in [1.165, 1.54) is 11.3 Å². The lowest BCUT2D eigenvalue weighted by molar-refractivity contribution is 0.484. The topological polar surface area (TPSA) is 24.9 Å². The van der Waals surface area contributed by atoms with Crippen molar-refractivity contribution in [1.29, 1.82) is 0 Å². The molecule has 94 valence electrons. The Morgan fingerprint density at radius 1 is 1.41 bits per heavy atom. The second-order valence-electron chi connectivity index (χ2n) is 4.42. The van der Waals surface area contributed by atoms with Gasteiger partial charge >= 0.3 is 0 Å². The molecule has 0 spiro atoms. The maximum atomic E-state index is 4.36. The maximum absolute atomic E-state index is 4.36. The second-order valence-corrected chi connectivity index (χ2v) is 4.42. The van der Waals surface area contributed by atoms with Gasteiger partial charge in [-0.25, -0.2) is 0 Å². The summed E-state index contributed by atoms with van der Waals surface area (Å²) in [7, 11) is 0. The molecule has 0 amide bonds. The van der Waals surface area contributed by atoms with E-state index in [0.29, 0.717) is 6.04 Å². The van der Waals surface area contributed by atoms with Gasteiger partial charge in [0.2, 0.25) is 0 Å². The summed E-state index contributed by atoms with van der Waals surface area (Å²) in [5.74, 6) is 0. The van der Waals surface area contributed by atoms with E-state index in [4.69, 9.17) is 0 Å². The molecule has 1 rings (SSSR count). The van der Waals surface area contributed by atoms with E-state index in [1.54, 1.807) is 0 Å². The fourth-order valence-electron chi connectivity index (χ4n) is 1.93. The highest BCUT2D eigenvalue weighted by molar-refractivity contribution is 5.04. The fraction of sp³-hybridized carbons (Fsp3) is 0.533. The van der Waals surface area contributed by atoms with Crippen LogP contribution in [0.5, 0.6) is 0 Å². The van der Waals surface area contributed by atoms with Crippen molar-refractivity contribution in [1.82, 2.24) is 10.3 Å². The van der Waals surface area contributed by atoms with Crippen molar-refractivity contribution < 1.29 is 0 Å². The summed E-state index contributed by atoms with van der Waals surface area (Å²) in [6.07, 6.45) is 6.19. The van der Waals surface area contributed by atoms with Gasteiger partial charge in [-0.15, -0.1) is 0 Å². The van der Waals surface area contributed by atoms with Crippen LogP contribution in [0.4, 0.5) is 0 Å². The lowest BCUT2D eigenvalue weighted by Gasteiger charge is -2.18. The molecule has 0 saturated carbocycles. The first-order chi connectivity index (χ1) is 8.26. The highest BCUT2D eigenvalue weighted by Gasteiger charge is 2.08. The zero-order valence-electron chi connectivity index (χ0n) is 11.1. The third kappa shape index (κ3) is 5.64. The summed E-state index contributed by atoms with van der Waals surface area (Å²) in [5, 5.41) is 3.53. The number of aryl methyl sites for hydroxylation is 1. The minimum Gasteiger partial charge on any atom is -0.314 e. The second kappa shape index (κ2) is 8.02. The van der Waals surface area contributed by atoms with Gasteiger partial charge in [0.15, 0.2) is 0 Å². The number of rotatable bonds is 8. The maximum Gasteiger partial charge on any atom is 0.0404 e. The van der Waals surface area contributed by atoms with Crippen LogP contribution in [-0.4, -0.2) is 17.6 Å². The highest BCUT2D eigenvalue weighted by Crippen LogP contribution is 2.12. The summed E-state index contributed by atoms with van der Waals surface area (Å²) in [5.41, 5.74) is 2.51. The largest absolute Gasteiger partial charge is 0.314 e. The van der Waals surface area contributed by atoms with Crippen molar-refractivity contribution in [3.8, 4) is 0 Å². The first-order valence-corrected chi connectivity index (χ1v) is 6.56. The minimum atomic E-state index is 0.537. The van der Waals surface area contributed by atoms with Crippen molar-refractivity contribution in [3.63, 3.8) is 0 Å². The van der Waals surface area contributed by atoms with Crippen LogP contribution in [0, 0.1) is 0 Å². The van der Waals surface area contributed by atoms with Gasteiger partial charge < -0.3 is 5.32 Å². The van der Waals surface area contributed by atoms with Crippen LogP contribution in [0.25, 0.3) is 0 Å². The molecular weight excluding hydrogens is 208 g/mol. The average molecular weight is 232 g/mol. The molecule has 0 aliphatic carbocycles. The third-order valence-electron chi connectivity index (χ3n) is 3.00. The summed E-state index contributed by atoms with van der Waals surface area (Å²) in [6, 6.07) is 6.65. The molecule has 1 heterocycles. The predicted octanol–water partition coefficient (Wildman–Crippen LogP) is 3.35. The fourth-order valence-corrected chi connectivity index (χ4v) is 1.93. The van der Waals surface area contributed by atoms with Crippen molar-refractivity contribution in [2.75, 3.05) is 6.54 Å². The molecule has 0 aliphatic rings. The lowest BCUT2D eigenvalue weighted by atomic mass is 10.0. The molecule has 17 heavy (non-hydrogen) atoms. The van der Waals surface area contributed by atoms with Crippen molar-refractivity contribution in [3.05, 3.63) is 42.2 Å². The summed E-state index contributed by atoms with van der Waals surface area (Å²) in [4.78, 5) is 4.36. The zero-order valence-corrected chi connectivity index (χ0v) is 11.1. The molecule has 0 saturated heterocycles. The van der Waals surface area contributed by atoms with Gasteiger partial charge in [0, 0.05) is 17.9 Å². The molecule has 2 heteroatoms. The smallest absolute Gasteiger partial charge is 0.0404 e. The number of pyridine rings is 1. The van der Waals surface area contributed by atoms with E-state index in [-0.39, 0.29) is 0 Å².